The Balaban J connectivity index is 3.02. The zero-order valence-electron chi connectivity index (χ0n) is 7.80. The van der Waals surface area contributed by atoms with Gasteiger partial charge in [-0.15, -0.1) is 11.3 Å². The second-order valence-electron chi connectivity index (χ2n) is 3.69. The average molecular weight is 253 g/mol. The first-order valence-electron chi connectivity index (χ1n) is 4.00. The van der Waals surface area contributed by atoms with Crippen LogP contribution < -0.4 is 0 Å². The summed E-state index contributed by atoms with van der Waals surface area (Å²) < 4.78 is 1.16. The van der Waals surface area contributed by atoms with E-state index in [-0.39, 0.29) is 6.42 Å². The number of rotatable bonds is 3. The normalized spacial score (nSPS) is 11.7. The molecule has 0 bridgehead atoms. The standard InChI is InChI=1S/C9H10Cl2O2S/c1-9(2,4-7(12)13)5-3-6(10)14-8(5)11/h3H,4H2,1-2H3,(H,12,13). The Bertz CT molecular complexity index is 358. The largest absolute Gasteiger partial charge is 0.481 e. The number of aliphatic carboxylic acids is 1. The zero-order valence-corrected chi connectivity index (χ0v) is 10.1. The Kier molecular flexibility index (Phi) is 3.45. The molecule has 0 aliphatic carbocycles. The van der Waals surface area contributed by atoms with E-state index in [4.69, 9.17) is 28.3 Å². The third-order valence-electron chi connectivity index (χ3n) is 1.98. The molecule has 1 N–H and O–H groups in total. The summed E-state index contributed by atoms with van der Waals surface area (Å²) in [5.74, 6) is -0.839. The molecule has 1 rings (SSSR count). The molecule has 78 valence electrons. The van der Waals surface area contributed by atoms with Gasteiger partial charge in [-0.3, -0.25) is 4.79 Å². The summed E-state index contributed by atoms with van der Waals surface area (Å²) in [6, 6.07) is 1.73. The Morgan fingerprint density at radius 3 is 2.50 bits per heavy atom. The van der Waals surface area contributed by atoms with Gasteiger partial charge in [0.2, 0.25) is 0 Å². The van der Waals surface area contributed by atoms with Crippen molar-refractivity contribution in [1.29, 1.82) is 0 Å². The fraction of sp³-hybridized carbons (Fsp3) is 0.444. The van der Waals surface area contributed by atoms with Crippen LogP contribution in [-0.4, -0.2) is 11.1 Å². The van der Waals surface area contributed by atoms with Crippen LogP contribution in [0.2, 0.25) is 8.67 Å². The van der Waals surface area contributed by atoms with Gasteiger partial charge < -0.3 is 5.11 Å². The quantitative estimate of drug-likeness (QED) is 0.889. The van der Waals surface area contributed by atoms with Crippen LogP contribution in [0.1, 0.15) is 25.8 Å². The minimum absolute atomic E-state index is 0.0415. The summed E-state index contributed by atoms with van der Waals surface area (Å²) in [4.78, 5) is 10.6. The van der Waals surface area contributed by atoms with Crippen molar-refractivity contribution in [2.45, 2.75) is 25.7 Å². The maximum absolute atomic E-state index is 10.6. The van der Waals surface area contributed by atoms with Gasteiger partial charge in [-0.25, -0.2) is 0 Å². The first-order chi connectivity index (χ1) is 6.33. The van der Waals surface area contributed by atoms with E-state index >= 15 is 0 Å². The maximum atomic E-state index is 10.6. The molecule has 1 heterocycles. The molecule has 0 spiro atoms. The molecule has 5 heteroatoms. The van der Waals surface area contributed by atoms with E-state index < -0.39 is 11.4 Å². The van der Waals surface area contributed by atoms with E-state index in [0.717, 1.165) is 5.56 Å². The molecule has 0 aliphatic rings. The van der Waals surface area contributed by atoms with Crippen molar-refractivity contribution in [1.82, 2.24) is 0 Å². The summed E-state index contributed by atoms with van der Waals surface area (Å²) >= 11 is 13.0. The molecule has 1 aromatic heterocycles. The molecule has 0 radical (unpaired) electrons. The number of hydrogen-bond donors (Lipinski definition) is 1. The Labute approximate surface area is 96.5 Å². The van der Waals surface area contributed by atoms with Crippen LogP contribution >= 0.6 is 34.5 Å². The van der Waals surface area contributed by atoms with Gasteiger partial charge in [0.25, 0.3) is 0 Å². The van der Waals surface area contributed by atoms with Crippen molar-refractivity contribution in [3.63, 3.8) is 0 Å². The van der Waals surface area contributed by atoms with E-state index in [1.54, 1.807) is 6.07 Å². The summed E-state index contributed by atoms with van der Waals surface area (Å²) in [6.07, 6.45) is 0.0415. The zero-order chi connectivity index (χ0) is 10.9. The molecule has 1 aromatic rings. The lowest BCUT2D eigenvalue weighted by atomic mass is 9.83. The van der Waals surface area contributed by atoms with E-state index in [2.05, 4.69) is 0 Å². The van der Waals surface area contributed by atoms with Gasteiger partial charge in [0, 0.05) is 5.41 Å². The second-order valence-corrected chi connectivity index (χ2v) is 5.98. The van der Waals surface area contributed by atoms with Gasteiger partial charge in [0.05, 0.1) is 15.1 Å². The minimum atomic E-state index is -0.839. The third-order valence-corrected chi connectivity index (χ3v) is 3.47. The van der Waals surface area contributed by atoms with Crippen molar-refractivity contribution < 1.29 is 9.90 Å². The lowest BCUT2D eigenvalue weighted by Gasteiger charge is -2.21. The molecule has 0 aliphatic heterocycles. The highest BCUT2D eigenvalue weighted by Crippen LogP contribution is 2.40. The predicted octanol–water partition coefficient (Wildman–Crippen LogP) is 3.81. The van der Waals surface area contributed by atoms with Crippen molar-refractivity contribution in [2.75, 3.05) is 0 Å². The second kappa shape index (κ2) is 4.09. The SMILES string of the molecule is CC(C)(CC(=O)O)c1cc(Cl)sc1Cl. The molecule has 0 fully saturated rings. The first-order valence-corrected chi connectivity index (χ1v) is 5.57. The van der Waals surface area contributed by atoms with Crippen LogP contribution in [-0.2, 0) is 10.2 Å². The molecule has 0 atom stereocenters. The fourth-order valence-electron chi connectivity index (χ4n) is 1.27. The number of hydrogen-bond acceptors (Lipinski definition) is 2. The minimum Gasteiger partial charge on any atom is -0.481 e. The topological polar surface area (TPSA) is 37.3 Å². The number of thiophene rings is 1. The lowest BCUT2D eigenvalue weighted by Crippen LogP contribution is -2.21. The van der Waals surface area contributed by atoms with Gasteiger partial charge in [0.1, 0.15) is 0 Å². The van der Waals surface area contributed by atoms with Gasteiger partial charge >= 0.3 is 5.97 Å². The molecule has 0 unspecified atom stereocenters. The molecular weight excluding hydrogens is 243 g/mol. The summed E-state index contributed by atoms with van der Waals surface area (Å²) in [5.41, 5.74) is 0.323. The predicted molar refractivity (Wildman–Crippen MR) is 59.6 cm³/mol. The molecule has 0 saturated heterocycles. The first kappa shape index (κ1) is 11.8. The van der Waals surface area contributed by atoms with Crippen LogP contribution in [0.25, 0.3) is 0 Å². The highest BCUT2D eigenvalue weighted by Gasteiger charge is 2.28. The van der Waals surface area contributed by atoms with Gasteiger partial charge in [0.15, 0.2) is 0 Å². The van der Waals surface area contributed by atoms with Crippen LogP contribution in [0.3, 0.4) is 0 Å². The van der Waals surface area contributed by atoms with Crippen LogP contribution in [0.15, 0.2) is 6.07 Å². The van der Waals surface area contributed by atoms with Gasteiger partial charge in [-0.1, -0.05) is 37.0 Å². The fourth-order valence-corrected chi connectivity index (χ4v) is 3.09. The number of halogens is 2. The monoisotopic (exact) mass is 252 g/mol. The van der Waals surface area contributed by atoms with Crippen LogP contribution in [0, 0.1) is 0 Å². The lowest BCUT2D eigenvalue weighted by molar-refractivity contribution is -0.138. The van der Waals surface area contributed by atoms with E-state index in [0.29, 0.717) is 8.67 Å². The number of carboxylic acid groups (broad SMARTS) is 1. The van der Waals surface area contributed by atoms with Crippen LogP contribution in [0.5, 0.6) is 0 Å². The Morgan fingerprint density at radius 1 is 1.57 bits per heavy atom. The molecule has 2 nitrogen and oxygen atoms in total. The maximum Gasteiger partial charge on any atom is 0.304 e. The molecular formula is C9H10Cl2O2S. The summed E-state index contributed by atoms with van der Waals surface area (Å²) in [7, 11) is 0. The van der Waals surface area contributed by atoms with E-state index in [1.807, 2.05) is 13.8 Å². The smallest absolute Gasteiger partial charge is 0.304 e. The Morgan fingerprint density at radius 2 is 2.14 bits per heavy atom. The van der Waals surface area contributed by atoms with E-state index in [9.17, 15) is 4.79 Å². The number of carbonyl (C=O) groups is 1. The number of carboxylic acids is 1. The average Bonchev–Trinajstić information content (AvgIpc) is 2.27. The molecule has 0 saturated carbocycles. The highest BCUT2D eigenvalue weighted by atomic mass is 35.5. The molecule has 14 heavy (non-hydrogen) atoms. The summed E-state index contributed by atoms with van der Waals surface area (Å²) in [6.45, 7) is 3.68. The molecule has 0 aromatic carbocycles. The van der Waals surface area contributed by atoms with Crippen molar-refractivity contribution in [2.24, 2.45) is 0 Å². The van der Waals surface area contributed by atoms with Crippen LogP contribution in [0.4, 0.5) is 0 Å². The van der Waals surface area contributed by atoms with Crippen molar-refractivity contribution in [3.8, 4) is 0 Å². The van der Waals surface area contributed by atoms with Crippen molar-refractivity contribution in [3.05, 3.63) is 20.3 Å². The third kappa shape index (κ3) is 2.62. The summed E-state index contributed by atoms with van der Waals surface area (Å²) in [5, 5.41) is 8.74. The van der Waals surface area contributed by atoms with E-state index in [1.165, 1.54) is 11.3 Å². The highest BCUT2D eigenvalue weighted by molar-refractivity contribution is 7.20. The molecule has 0 amide bonds. The van der Waals surface area contributed by atoms with Crippen molar-refractivity contribution >= 4 is 40.5 Å². The Hall–Kier alpha value is -0.250. The van der Waals surface area contributed by atoms with Gasteiger partial charge in [-0.05, 0) is 11.6 Å². The van der Waals surface area contributed by atoms with Gasteiger partial charge in [-0.2, -0.15) is 0 Å².